The molecule has 0 bridgehead atoms. The van der Waals surface area contributed by atoms with Crippen LogP contribution in [0, 0.1) is 6.92 Å². The van der Waals surface area contributed by atoms with Gasteiger partial charge in [0.2, 0.25) is 0 Å². The van der Waals surface area contributed by atoms with Gasteiger partial charge in [-0.1, -0.05) is 0 Å². The van der Waals surface area contributed by atoms with Crippen molar-refractivity contribution in [2.24, 2.45) is 0 Å². The molecule has 25 heavy (non-hydrogen) atoms. The molecule has 2 N–H and O–H groups in total. The van der Waals surface area contributed by atoms with Crippen LogP contribution in [0.4, 0.5) is 5.13 Å². The van der Waals surface area contributed by atoms with Gasteiger partial charge in [0.25, 0.3) is 5.91 Å². The largest absolute Gasteiger partial charge is 0.497 e. The highest BCUT2D eigenvalue weighted by Gasteiger charge is 2.26. The number of nitrogens with one attached hydrogen (secondary N) is 2. The van der Waals surface area contributed by atoms with Crippen LogP contribution in [-0.2, 0) is 0 Å². The number of anilines is 1. The first-order chi connectivity index (χ1) is 12.1. The number of H-pyrrole nitrogens is 1. The number of carbonyl (C=O) groups is 1. The van der Waals surface area contributed by atoms with E-state index in [1.54, 1.807) is 7.11 Å². The average Bonchev–Trinajstić information content (AvgIpc) is 3.24. The van der Waals surface area contributed by atoms with E-state index in [9.17, 15) is 4.79 Å². The Kier molecular flexibility index (Phi) is 4.01. The van der Waals surface area contributed by atoms with Gasteiger partial charge in [-0.25, -0.2) is 4.98 Å². The first kappa shape index (κ1) is 15.8. The number of thiazole rings is 1. The quantitative estimate of drug-likeness (QED) is 0.726. The summed E-state index contributed by atoms with van der Waals surface area (Å²) in [5.74, 6) is 1.10. The second kappa shape index (κ2) is 6.33. The van der Waals surface area contributed by atoms with Gasteiger partial charge in [0.05, 0.1) is 12.8 Å². The Balaban J connectivity index is 1.51. The van der Waals surface area contributed by atoms with E-state index in [2.05, 4.69) is 20.5 Å². The predicted molar refractivity (Wildman–Crippen MR) is 97.4 cm³/mol. The van der Waals surface area contributed by atoms with Crippen LogP contribution >= 0.6 is 11.3 Å². The monoisotopic (exact) mass is 354 g/mol. The van der Waals surface area contributed by atoms with Gasteiger partial charge in [-0.2, -0.15) is 5.10 Å². The van der Waals surface area contributed by atoms with Gasteiger partial charge in [-0.15, -0.1) is 11.3 Å². The van der Waals surface area contributed by atoms with Gasteiger partial charge in [-0.05, 0) is 50.1 Å². The van der Waals surface area contributed by atoms with Crippen LogP contribution in [0.25, 0.3) is 11.3 Å². The van der Waals surface area contributed by atoms with E-state index in [1.165, 1.54) is 24.2 Å². The van der Waals surface area contributed by atoms with E-state index >= 15 is 0 Å². The minimum atomic E-state index is -0.238. The summed E-state index contributed by atoms with van der Waals surface area (Å²) in [6, 6.07) is 9.55. The lowest BCUT2D eigenvalue weighted by Gasteiger charge is -2.01. The second-order valence-corrected chi connectivity index (χ2v) is 7.29. The lowest BCUT2D eigenvalue weighted by atomic mass is 10.1. The Morgan fingerprint density at radius 2 is 2.08 bits per heavy atom. The molecule has 1 aromatic carbocycles. The van der Waals surface area contributed by atoms with E-state index < -0.39 is 0 Å². The average molecular weight is 354 g/mol. The lowest BCUT2D eigenvalue weighted by molar-refractivity contribution is 0.102. The molecule has 2 heterocycles. The Bertz CT molecular complexity index is 910. The molecule has 1 aliphatic rings. The molecule has 1 fully saturated rings. The van der Waals surface area contributed by atoms with Crippen LogP contribution in [0.1, 0.15) is 39.8 Å². The fourth-order valence-electron chi connectivity index (χ4n) is 2.68. The normalized spacial score (nSPS) is 13.7. The van der Waals surface area contributed by atoms with Crippen LogP contribution < -0.4 is 10.1 Å². The molecule has 7 heteroatoms. The summed E-state index contributed by atoms with van der Waals surface area (Å²) in [6.07, 6.45) is 2.33. The maximum Gasteiger partial charge on any atom is 0.277 e. The van der Waals surface area contributed by atoms with Crippen molar-refractivity contribution in [3.63, 3.8) is 0 Å². The molecule has 0 aliphatic heterocycles. The zero-order chi connectivity index (χ0) is 17.4. The number of hydrogen-bond donors (Lipinski definition) is 2. The molecule has 0 spiro atoms. The number of carbonyl (C=O) groups excluding carboxylic acids is 1. The molecule has 6 nitrogen and oxygen atoms in total. The fraction of sp³-hybridized carbons (Fsp3) is 0.278. The number of rotatable bonds is 5. The standard InChI is InChI=1S/C18H18N4O2S/c1-10-16(12-5-7-13(24-2)8-6-12)19-18(25-10)20-17(23)15-9-14(21-22-15)11-3-4-11/h5-9,11H,3-4H2,1-2H3,(H,21,22)(H,19,20,23). The zero-order valence-corrected chi connectivity index (χ0v) is 14.8. The summed E-state index contributed by atoms with van der Waals surface area (Å²) in [5, 5.41) is 10.5. The highest BCUT2D eigenvalue weighted by atomic mass is 32.1. The van der Waals surface area contributed by atoms with E-state index in [4.69, 9.17) is 4.74 Å². The first-order valence-electron chi connectivity index (χ1n) is 8.12. The SMILES string of the molecule is COc1ccc(-c2nc(NC(=O)c3cc(C4CC4)[nH]n3)sc2C)cc1. The summed E-state index contributed by atoms with van der Waals surface area (Å²) in [5.41, 5.74) is 3.30. The minimum absolute atomic E-state index is 0.238. The van der Waals surface area contributed by atoms with Crippen molar-refractivity contribution in [2.45, 2.75) is 25.7 Å². The number of aromatic amines is 1. The summed E-state index contributed by atoms with van der Waals surface area (Å²) in [7, 11) is 1.64. The number of aryl methyl sites for hydroxylation is 1. The maximum absolute atomic E-state index is 12.4. The molecule has 4 rings (SSSR count). The summed E-state index contributed by atoms with van der Waals surface area (Å²) in [4.78, 5) is 18.0. The third kappa shape index (κ3) is 3.28. The van der Waals surface area contributed by atoms with Gasteiger partial charge in [0.15, 0.2) is 10.8 Å². The molecule has 0 atom stereocenters. The smallest absolute Gasteiger partial charge is 0.277 e. The molecule has 0 saturated heterocycles. The lowest BCUT2D eigenvalue weighted by Crippen LogP contribution is -2.12. The van der Waals surface area contributed by atoms with Crippen LogP contribution in [0.5, 0.6) is 5.75 Å². The molecule has 1 amide bonds. The van der Waals surface area contributed by atoms with Crippen molar-refractivity contribution in [2.75, 3.05) is 12.4 Å². The van der Waals surface area contributed by atoms with E-state index in [1.807, 2.05) is 37.3 Å². The number of nitrogens with zero attached hydrogens (tertiary/aromatic N) is 2. The van der Waals surface area contributed by atoms with Crippen molar-refractivity contribution in [1.82, 2.24) is 15.2 Å². The first-order valence-corrected chi connectivity index (χ1v) is 8.94. The Morgan fingerprint density at radius 1 is 1.32 bits per heavy atom. The fourth-order valence-corrected chi connectivity index (χ4v) is 3.52. The van der Waals surface area contributed by atoms with Crippen molar-refractivity contribution >= 4 is 22.4 Å². The molecule has 1 saturated carbocycles. The third-order valence-corrected chi connectivity index (χ3v) is 5.11. The van der Waals surface area contributed by atoms with E-state index in [0.717, 1.165) is 27.6 Å². The van der Waals surface area contributed by atoms with Crippen molar-refractivity contribution in [3.8, 4) is 17.0 Å². The van der Waals surface area contributed by atoms with Gasteiger partial charge in [0.1, 0.15) is 5.75 Å². The number of aromatic nitrogens is 3. The van der Waals surface area contributed by atoms with Crippen LogP contribution in [0.2, 0.25) is 0 Å². The van der Waals surface area contributed by atoms with Gasteiger partial charge >= 0.3 is 0 Å². The van der Waals surface area contributed by atoms with Gasteiger partial charge < -0.3 is 4.74 Å². The topological polar surface area (TPSA) is 79.9 Å². The van der Waals surface area contributed by atoms with Crippen LogP contribution in [0.15, 0.2) is 30.3 Å². The molecule has 3 aromatic rings. The molecule has 128 valence electrons. The van der Waals surface area contributed by atoms with Crippen molar-refractivity contribution < 1.29 is 9.53 Å². The Morgan fingerprint density at radius 3 is 2.76 bits per heavy atom. The second-order valence-electron chi connectivity index (χ2n) is 6.09. The number of amides is 1. The highest BCUT2D eigenvalue weighted by molar-refractivity contribution is 7.16. The number of methoxy groups -OCH3 is 1. The van der Waals surface area contributed by atoms with E-state index in [0.29, 0.717) is 16.7 Å². The van der Waals surface area contributed by atoms with Crippen LogP contribution in [0.3, 0.4) is 0 Å². The number of hydrogen-bond acceptors (Lipinski definition) is 5. The number of ether oxygens (including phenoxy) is 1. The number of benzene rings is 1. The third-order valence-electron chi connectivity index (χ3n) is 4.23. The van der Waals surface area contributed by atoms with Crippen molar-refractivity contribution in [3.05, 3.63) is 46.6 Å². The molecule has 1 aliphatic carbocycles. The summed E-state index contributed by atoms with van der Waals surface area (Å²) >= 11 is 1.46. The molecule has 0 unspecified atom stereocenters. The molecular weight excluding hydrogens is 336 g/mol. The minimum Gasteiger partial charge on any atom is -0.497 e. The van der Waals surface area contributed by atoms with Gasteiger partial charge in [-0.3, -0.25) is 15.2 Å². The van der Waals surface area contributed by atoms with Crippen LogP contribution in [-0.4, -0.2) is 28.2 Å². The zero-order valence-electron chi connectivity index (χ0n) is 14.0. The Hall–Kier alpha value is -2.67. The summed E-state index contributed by atoms with van der Waals surface area (Å²) in [6.45, 7) is 1.99. The molecule has 0 radical (unpaired) electrons. The highest BCUT2D eigenvalue weighted by Crippen LogP contribution is 2.39. The Labute approximate surface area is 149 Å². The van der Waals surface area contributed by atoms with E-state index in [-0.39, 0.29) is 5.91 Å². The summed E-state index contributed by atoms with van der Waals surface area (Å²) < 4.78 is 5.18. The molecular formula is C18H18N4O2S. The van der Waals surface area contributed by atoms with Crippen molar-refractivity contribution in [1.29, 1.82) is 0 Å². The van der Waals surface area contributed by atoms with Gasteiger partial charge in [0, 0.05) is 22.1 Å². The molecule has 2 aromatic heterocycles. The maximum atomic E-state index is 12.4. The predicted octanol–water partition coefficient (Wildman–Crippen LogP) is 3.98.